The molecule has 1 fully saturated rings. The fourth-order valence-corrected chi connectivity index (χ4v) is 1.76. The monoisotopic (exact) mass is 188 g/mol. The highest BCUT2D eigenvalue weighted by Crippen LogP contribution is 2.37. The minimum atomic E-state index is 0. The van der Waals surface area contributed by atoms with Crippen LogP contribution in [-0.2, 0) is 0 Å². The lowest BCUT2D eigenvalue weighted by molar-refractivity contribution is 0.208. The molecular formula is C13H32. The van der Waals surface area contributed by atoms with Crippen LogP contribution in [0, 0.1) is 5.41 Å². The first-order chi connectivity index (χ1) is 6.27. The molecule has 0 amide bonds. The molecule has 0 nitrogen and oxygen atoms in total. The Morgan fingerprint density at radius 2 is 1.31 bits per heavy atom. The molecule has 84 valence electrons. The van der Waals surface area contributed by atoms with Crippen molar-refractivity contribution < 1.29 is 1.43 Å². The Morgan fingerprint density at radius 1 is 0.923 bits per heavy atom. The Labute approximate surface area is 87.6 Å². The molecule has 0 saturated heterocycles. The minimum absolute atomic E-state index is 0. The van der Waals surface area contributed by atoms with Gasteiger partial charge in [-0.15, -0.1) is 0 Å². The Kier molecular flexibility index (Phi) is 12.0. The van der Waals surface area contributed by atoms with Gasteiger partial charge >= 0.3 is 0 Å². The van der Waals surface area contributed by atoms with Crippen molar-refractivity contribution in [2.75, 3.05) is 0 Å². The summed E-state index contributed by atoms with van der Waals surface area (Å²) in [6, 6.07) is 0. The van der Waals surface area contributed by atoms with Gasteiger partial charge in [-0.25, -0.2) is 0 Å². The van der Waals surface area contributed by atoms with Crippen LogP contribution in [0.1, 0.15) is 81.5 Å². The van der Waals surface area contributed by atoms with Crippen LogP contribution in [0.25, 0.3) is 0 Å². The molecular weight excluding hydrogens is 156 g/mol. The smallest absolute Gasteiger partial charge is 0 e. The number of hydrogen-bond acceptors (Lipinski definition) is 0. The van der Waals surface area contributed by atoms with Crippen LogP contribution >= 0.6 is 0 Å². The third kappa shape index (κ3) is 7.10. The van der Waals surface area contributed by atoms with Gasteiger partial charge in [0.2, 0.25) is 0 Å². The van der Waals surface area contributed by atoms with Crippen molar-refractivity contribution in [2.24, 2.45) is 5.41 Å². The van der Waals surface area contributed by atoms with Gasteiger partial charge < -0.3 is 0 Å². The lowest BCUT2D eigenvalue weighted by atomic mass is 9.74. The van der Waals surface area contributed by atoms with Gasteiger partial charge in [-0.1, -0.05) is 67.2 Å². The van der Waals surface area contributed by atoms with Crippen molar-refractivity contribution >= 4 is 0 Å². The molecule has 0 aromatic carbocycles. The average Bonchev–Trinajstić information content (AvgIpc) is 2.25. The molecule has 0 atom stereocenters. The van der Waals surface area contributed by atoms with E-state index in [1.165, 1.54) is 38.5 Å². The van der Waals surface area contributed by atoms with Crippen molar-refractivity contribution in [3.05, 3.63) is 0 Å². The molecule has 0 heteroatoms. The maximum Gasteiger partial charge on any atom is 0 e. The molecule has 0 N–H and O–H groups in total. The lowest BCUT2D eigenvalue weighted by Crippen LogP contribution is -2.18. The predicted octanol–water partition coefficient (Wildman–Crippen LogP) is 5.67. The highest BCUT2D eigenvalue weighted by atomic mass is 14.3. The lowest BCUT2D eigenvalue weighted by Gasteiger charge is -2.32. The fraction of sp³-hybridized carbons (Fsp3) is 1.00. The first-order valence-corrected chi connectivity index (χ1v) is 6.27. The topological polar surface area (TPSA) is 0 Å². The second-order valence-corrected chi connectivity index (χ2v) is 3.72. The Bertz CT molecular complexity index is 83.2. The first-order valence-electron chi connectivity index (χ1n) is 6.27. The number of rotatable bonds is 1. The largest absolute Gasteiger partial charge is 0.0683 e. The Hall–Kier alpha value is 0. The van der Waals surface area contributed by atoms with Crippen molar-refractivity contribution in [1.29, 1.82) is 0 Å². The van der Waals surface area contributed by atoms with Gasteiger partial charge in [0.05, 0.1) is 0 Å². The summed E-state index contributed by atoms with van der Waals surface area (Å²) < 4.78 is 0. The van der Waals surface area contributed by atoms with Gasteiger partial charge in [0.15, 0.2) is 0 Å². The van der Waals surface area contributed by atoms with Crippen LogP contribution in [0.15, 0.2) is 0 Å². The minimum Gasteiger partial charge on any atom is -0.0683 e. The maximum absolute atomic E-state index is 2.44. The normalized spacial score (nSPS) is 18.9. The standard InChI is InChI=1S/C9H18.2C2H6.H2/c1-3-9(2)7-5-4-6-8-9;2*1-2;/h3-8H2,1-2H3;2*1-2H3;1H. The quantitative estimate of drug-likeness (QED) is 0.497. The summed E-state index contributed by atoms with van der Waals surface area (Å²) in [5.74, 6) is 0. The van der Waals surface area contributed by atoms with Crippen LogP contribution < -0.4 is 0 Å². The molecule has 1 aliphatic carbocycles. The summed E-state index contributed by atoms with van der Waals surface area (Å²) in [5, 5.41) is 0. The molecule has 13 heavy (non-hydrogen) atoms. The molecule has 0 aromatic rings. The van der Waals surface area contributed by atoms with E-state index in [9.17, 15) is 0 Å². The summed E-state index contributed by atoms with van der Waals surface area (Å²) in [6.45, 7) is 12.8. The third-order valence-electron chi connectivity index (χ3n) is 2.91. The second kappa shape index (κ2) is 10.1. The van der Waals surface area contributed by atoms with Gasteiger partial charge in [-0.3, -0.25) is 0 Å². The first kappa shape index (κ1) is 15.5. The van der Waals surface area contributed by atoms with Crippen LogP contribution in [0.3, 0.4) is 0 Å². The Morgan fingerprint density at radius 3 is 1.54 bits per heavy atom. The molecule has 1 saturated carbocycles. The zero-order valence-electron chi connectivity index (χ0n) is 10.7. The van der Waals surface area contributed by atoms with Crippen LogP contribution in [-0.4, -0.2) is 0 Å². The molecule has 0 spiro atoms. The van der Waals surface area contributed by atoms with Gasteiger partial charge in [0.25, 0.3) is 0 Å². The molecule has 0 aromatic heterocycles. The summed E-state index contributed by atoms with van der Waals surface area (Å²) in [5.41, 5.74) is 0.720. The maximum atomic E-state index is 2.44. The molecule has 1 aliphatic rings. The third-order valence-corrected chi connectivity index (χ3v) is 2.91. The predicted molar refractivity (Wildman–Crippen MR) is 66.3 cm³/mol. The van der Waals surface area contributed by atoms with E-state index < -0.39 is 0 Å². The van der Waals surface area contributed by atoms with Gasteiger partial charge in [-0.2, -0.15) is 0 Å². The van der Waals surface area contributed by atoms with E-state index in [0.717, 1.165) is 5.41 Å². The molecule has 1 rings (SSSR count). The van der Waals surface area contributed by atoms with E-state index in [1.807, 2.05) is 27.7 Å². The van der Waals surface area contributed by atoms with Crippen molar-refractivity contribution in [3.8, 4) is 0 Å². The van der Waals surface area contributed by atoms with E-state index in [1.54, 1.807) is 0 Å². The van der Waals surface area contributed by atoms with E-state index in [-0.39, 0.29) is 1.43 Å². The van der Waals surface area contributed by atoms with Crippen LogP contribution in [0.5, 0.6) is 0 Å². The highest BCUT2D eigenvalue weighted by molar-refractivity contribution is 4.76. The summed E-state index contributed by atoms with van der Waals surface area (Å²) in [6.07, 6.45) is 8.77. The van der Waals surface area contributed by atoms with Crippen LogP contribution in [0.2, 0.25) is 0 Å². The van der Waals surface area contributed by atoms with Gasteiger partial charge in [0, 0.05) is 1.43 Å². The molecule has 0 aliphatic heterocycles. The van der Waals surface area contributed by atoms with Crippen molar-refractivity contribution in [3.63, 3.8) is 0 Å². The van der Waals surface area contributed by atoms with E-state index in [4.69, 9.17) is 0 Å². The second-order valence-electron chi connectivity index (χ2n) is 3.72. The zero-order valence-corrected chi connectivity index (χ0v) is 10.7. The highest BCUT2D eigenvalue weighted by Gasteiger charge is 2.23. The summed E-state index contributed by atoms with van der Waals surface area (Å²) in [4.78, 5) is 0. The Balaban J connectivity index is -0.000000216. The van der Waals surface area contributed by atoms with Gasteiger partial charge in [0.1, 0.15) is 0 Å². The molecule has 0 radical (unpaired) electrons. The fourth-order valence-electron chi connectivity index (χ4n) is 1.76. The van der Waals surface area contributed by atoms with Gasteiger partial charge in [-0.05, 0) is 18.3 Å². The van der Waals surface area contributed by atoms with E-state index >= 15 is 0 Å². The van der Waals surface area contributed by atoms with Crippen molar-refractivity contribution in [1.82, 2.24) is 0 Å². The molecule has 0 heterocycles. The van der Waals surface area contributed by atoms with E-state index in [0.29, 0.717) is 0 Å². The van der Waals surface area contributed by atoms with E-state index in [2.05, 4.69) is 13.8 Å². The average molecular weight is 188 g/mol. The van der Waals surface area contributed by atoms with Crippen LogP contribution in [0.4, 0.5) is 0 Å². The summed E-state index contributed by atoms with van der Waals surface area (Å²) in [7, 11) is 0. The zero-order chi connectivity index (χ0) is 10.7. The van der Waals surface area contributed by atoms with Crippen molar-refractivity contribution in [2.45, 2.75) is 80.1 Å². The molecule has 0 bridgehead atoms. The molecule has 0 unspecified atom stereocenters. The summed E-state index contributed by atoms with van der Waals surface area (Å²) >= 11 is 0. The number of hydrogen-bond donors (Lipinski definition) is 0. The SMILES string of the molecule is CC.CC.CCC1(C)CCCCC1.[HH].